The number of likely N-dealkylation sites (tertiary alicyclic amines) is 1. The molecule has 1 saturated heterocycles. The van der Waals surface area contributed by atoms with Gasteiger partial charge >= 0.3 is 0 Å². The number of rotatable bonds is 5. The summed E-state index contributed by atoms with van der Waals surface area (Å²) in [5, 5.41) is 19.1. The molecule has 23 heavy (non-hydrogen) atoms. The van der Waals surface area contributed by atoms with Gasteiger partial charge in [-0.1, -0.05) is 0 Å². The number of nitrogens with one attached hydrogen (secondary N) is 1. The molecule has 9 nitrogen and oxygen atoms in total. The van der Waals surface area contributed by atoms with E-state index in [1.165, 1.54) is 6.92 Å². The smallest absolute Gasteiger partial charge is 0.222 e. The highest BCUT2D eigenvalue weighted by atomic mass is 16.1. The maximum Gasteiger partial charge on any atom is 0.222 e. The van der Waals surface area contributed by atoms with Gasteiger partial charge in [-0.05, 0) is 30.7 Å². The van der Waals surface area contributed by atoms with Crippen molar-refractivity contribution in [3.8, 4) is 0 Å². The molecule has 0 aliphatic carbocycles. The zero-order valence-corrected chi connectivity index (χ0v) is 13.7. The van der Waals surface area contributed by atoms with Gasteiger partial charge in [0, 0.05) is 32.3 Å². The zero-order chi connectivity index (χ0) is 16.4. The summed E-state index contributed by atoms with van der Waals surface area (Å²) in [6.45, 7) is 8.23. The number of tetrazole rings is 1. The van der Waals surface area contributed by atoms with E-state index in [4.69, 9.17) is 0 Å². The van der Waals surface area contributed by atoms with E-state index in [2.05, 4.69) is 44.7 Å². The fourth-order valence-electron chi connectivity index (χ4n) is 2.88. The van der Waals surface area contributed by atoms with Crippen LogP contribution in [0, 0.1) is 0 Å². The maximum absolute atomic E-state index is 11.1. The summed E-state index contributed by atoms with van der Waals surface area (Å²) >= 11 is 0. The number of carbonyl (C=O) groups excluding carboxylic acids is 1. The molecule has 1 aliphatic rings. The van der Waals surface area contributed by atoms with E-state index in [0.717, 1.165) is 31.9 Å². The van der Waals surface area contributed by atoms with Gasteiger partial charge in [0.2, 0.25) is 5.91 Å². The molecule has 0 spiro atoms. The number of anilines is 1. The number of amides is 1. The van der Waals surface area contributed by atoms with Crippen LogP contribution >= 0.6 is 0 Å². The van der Waals surface area contributed by atoms with Crippen LogP contribution in [0.5, 0.6) is 0 Å². The summed E-state index contributed by atoms with van der Waals surface area (Å²) < 4.78 is 3.78. The van der Waals surface area contributed by atoms with Crippen LogP contribution in [0.25, 0.3) is 0 Å². The highest BCUT2D eigenvalue weighted by Crippen LogP contribution is 2.23. The lowest BCUT2D eigenvalue weighted by molar-refractivity contribution is -0.114. The molecule has 3 heterocycles. The van der Waals surface area contributed by atoms with Gasteiger partial charge < -0.3 is 5.32 Å². The van der Waals surface area contributed by atoms with Crippen LogP contribution in [0.3, 0.4) is 0 Å². The van der Waals surface area contributed by atoms with E-state index in [1.807, 2.05) is 21.6 Å². The molecule has 0 radical (unpaired) electrons. The van der Waals surface area contributed by atoms with Crippen LogP contribution in [0.1, 0.15) is 45.1 Å². The number of hydrogen-bond donors (Lipinski definition) is 1. The number of aromatic nitrogens is 6. The van der Waals surface area contributed by atoms with Gasteiger partial charge in [-0.25, -0.2) is 4.68 Å². The monoisotopic (exact) mass is 318 g/mol. The number of hydrogen-bond acceptors (Lipinski definition) is 6. The molecule has 3 rings (SSSR count). The van der Waals surface area contributed by atoms with Gasteiger partial charge in [-0.3, -0.25) is 14.4 Å². The van der Waals surface area contributed by atoms with Crippen LogP contribution in [0.15, 0.2) is 12.3 Å². The van der Waals surface area contributed by atoms with E-state index in [0.29, 0.717) is 11.9 Å². The van der Waals surface area contributed by atoms with Crippen LogP contribution in [-0.2, 0) is 11.3 Å². The normalized spacial score (nSPS) is 18.7. The Labute approximate surface area is 134 Å². The first kappa shape index (κ1) is 15.6. The third kappa shape index (κ3) is 3.55. The van der Waals surface area contributed by atoms with Crippen molar-refractivity contribution >= 4 is 11.7 Å². The highest BCUT2D eigenvalue weighted by molar-refractivity contribution is 5.87. The van der Waals surface area contributed by atoms with Gasteiger partial charge in [0.15, 0.2) is 11.6 Å². The molecule has 124 valence electrons. The largest absolute Gasteiger partial charge is 0.309 e. The highest BCUT2D eigenvalue weighted by Gasteiger charge is 2.26. The van der Waals surface area contributed by atoms with Crippen molar-refractivity contribution in [3.63, 3.8) is 0 Å². The molecule has 1 fully saturated rings. The minimum atomic E-state index is -0.108. The van der Waals surface area contributed by atoms with Crippen molar-refractivity contribution in [2.24, 2.45) is 0 Å². The Morgan fingerprint density at radius 1 is 1.48 bits per heavy atom. The minimum Gasteiger partial charge on any atom is -0.309 e. The molecule has 1 aliphatic heterocycles. The Kier molecular flexibility index (Phi) is 4.37. The van der Waals surface area contributed by atoms with Crippen molar-refractivity contribution in [2.75, 3.05) is 18.4 Å². The third-order valence-corrected chi connectivity index (χ3v) is 3.95. The summed E-state index contributed by atoms with van der Waals surface area (Å²) in [6, 6.07) is 2.38. The first-order valence-electron chi connectivity index (χ1n) is 7.84. The summed E-state index contributed by atoms with van der Waals surface area (Å²) in [4.78, 5) is 13.4. The van der Waals surface area contributed by atoms with Crippen molar-refractivity contribution in [1.29, 1.82) is 0 Å². The quantitative estimate of drug-likeness (QED) is 0.878. The molecular formula is C14H22N8O. The molecule has 1 N–H and O–H groups in total. The topological polar surface area (TPSA) is 93.8 Å². The molecule has 1 amide bonds. The van der Waals surface area contributed by atoms with E-state index >= 15 is 0 Å². The van der Waals surface area contributed by atoms with Crippen LogP contribution in [0.2, 0.25) is 0 Å². The van der Waals surface area contributed by atoms with Crippen molar-refractivity contribution in [1.82, 2.24) is 34.9 Å². The molecule has 1 atom stereocenters. The van der Waals surface area contributed by atoms with E-state index < -0.39 is 0 Å². The fraction of sp³-hybridized carbons (Fsp3) is 0.643. The van der Waals surface area contributed by atoms with Gasteiger partial charge in [0.1, 0.15) is 0 Å². The lowest BCUT2D eigenvalue weighted by Crippen LogP contribution is -2.24. The average molecular weight is 318 g/mol. The van der Waals surface area contributed by atoms with Crippen molar-refractivity contribution in [3.05, 3.63) is 18.1 Å². The van der Waals surface area contributed by atoms with E-state index in [1.54, 1.807) is 0 Å². The molecule has 2 aromatic heterocycles. The Bertz CT molecular complexity index is 676. The van der Waals surface area contributed by atoms with Crippen molar-refractivity contribution in [2.45, 2.75) is 45.8 Å². The predicted molar refractivity (Wildman–Crippen MR) is 83.7 cm³/mol. The molecule has 0 bridgehead atoms. The summed E-state index contributed by atoms with van der Waals surface area (Å²) in [5.74, 6) is 1.38. The van der Waals surface area contributed by atoms with E-state index in [-0.39, 0.29) is 11.9 Å². The Morgan fingerprint density at radius 2 is 2.30 bits per heavy atom. The lowest BCUT2D eigenvalue weighted by atomic mass is 10.3. The Balaban J connectivity index is 1.61. The first-order chi connectivity index (χ1) is 11.0. The second kappa shape index (κ2) is 6.45. The number of nitrogens with zero attached hydrogens (tertiary/aromatic N) is 7. The van der Waals surface area contributed by atoms with Crippen LogP contribution in [0.4, 0.5) is 5.82 Å². The second-order valence-electron chi connectivity index (χ2n) is 6.17. The fourth-order valence-corrected chi connectivity index (χ4v) is 2.88. The second-order valence-corrected chi connectivity index (χ2v) is 6.17. The number of carbonyl (C=O) groups is 1. The Hall–Kier alpha value is -2.29. The van der Waals surface area contributed by atoms with Crippen molar-refractivity contribution < 1.29 is 4.79 Å². The van der Waals surface area contributed by atoms with E-state index in [9.17, 15) is 4.79 Å². The lowest BCUT2D eigenvalue weighted by Gasteiger charge is -2.16. The van der Waals surface area contributed by atoms with Gasteiger partial charge in [0.05, 0.1) is 18.6 Å². The predicted octanol–water partition coefficient (Wildman–Crippen LogP) is 0.856. The third-order valence-electron chi connectivity index (χ3n) is 3.95. The van der Waals surface area contributed by atoms with Crippen LogP contribution < -0.4 is 5.32 Å². The maximum atomic E-state index is 11.1. The summed E-state index contributed by atoms with van der Waals surface area (Å²) in [5.41, 5.74) is 0. The molecule has 0 unspecified atom stereocenters. The SMILES string of the molecule is CC(=O)Nc1ccn([C@H]2CCN(Cc3nnnn3C(C)C)C2)n1. The Morgan fingerprint density at radius 3 is 3.04 bits per heavy atom. The summed E-state index contributed by atoms with van der Waals surface area (Å²) in [6.07, 6.45) is 2.93. The molecule has 9 heteroatoms. The minimum absolute atomic E-state index is 0.108. The van der Waals surface area contributed by atoms with Gasteiger partial charge in [-0.15, -0.1) is 5.10 Å². The molecule has 2 aromatic rings. The standard InChI is InChI=1S/C14H22N8O/c1-10(2)22-14(16-18-19-22)9-20-6-4-12(8-20)21-7-5-13(17-21)15-11(3)23/h5,7,10,12H,4,6,8-9H2,1-3H3,(H,15,17,23)/t12-/m0/s1. The summed E-state index contributed by atoms with van der Waals surface area (Å²) in [7, 11) is 0. The first-order valence-corrected chi connectivity index (χ1v) is 7.84. The molecule has 0 aromatic carbocycles. The van der Waals surface area contributed by atoms with Gasteiger partial charge in [0.25, 0.3) is 0 Å². The van der Waals surface area contributed by atoms with Gasteiger partial charge in [-0.2, -0.15) is 5.10 Å². The van der Waals surface area contributed by atoms with Crippen LogP contribution in [-0.4, -0.2) is 53.9 Å². The molecular weight excluding hydrogens is 296 g/mol. The average Bonchev–Trinajstić information content (AvgIpc) is 3.18. The molecule has 0 saturated carbocycles. The zero-order valence-electron chi connectivity index (χ0n) is 13.7.